The van der Waals surface area contributed by atoms with Crippen LogP contribution < -0.4 is 9.47 Å². The average molecular weight is 299 g/mol. The third kappa shape index (κ3) is 2.73. The number of aromatic amines is 1. The average Bonchev–Trinajstić information content (AvgIpc) is 3.03. The first-order chi connectivity index (χ1) is 10.8. The SMILES string of the molecule is COCCOc1cc(OC)ccc1-c1ncnc2cc[nH]c12. The molecular formula is C16H17N3O3. The molecule has 0 saturated heterocycles. The summed E-state index contributed by atoms with van der Waals surface area (Å²) < 4.78 is 16.1. The first kappa shape index (κ1) is 14.3. The molecule has 3 aromatic rings. The molecule has 0 aliphatic carbocycles. The molecule has 3 rings (SSSR count). The lowest BCUT2D eigenvalue weighted by Gasteiger charge is -2.13. The van der Waals surface area contributed by atoms with Gasteiger partial charge in [-0.15, -0.1) is 0 Å². The van der Waals surface area contributed by atoms with Crippen molar-refractivity contribution in [3.8, 4) is 22.8 Å². The van der Waals surface area contributed by atoms with E-state index in [1.54, 1.807) is 20.5 Å². The van der Waals surface area contributed by atoms with Gasteiger partial charge in [-0.3, -0.25) is 0 Å². The Bertz CT molecular complexity index is 770. The molecule has 1 aromatic carbocycles. The van der Waals surface area contributed by atoms with Gasteiger partial charge in [-0.05, 0) is 18.2 Å². The second kappa shape index (κ2) is 6.44. The Morgan fingerprint density at radius 3 is 2.82 bits per heavy atom. The van der Waals surface area contributed by atoms with E-state index in [1.807, 2.05) is 30.5 Å². The fraction of sp³-hybridized carbons (Fsp3) is 0.250. The standard InChI is InChI=1S/C16H17N3O3/c1-20-7-8-22-14-9-11(21-2)3-4-12(14)15-16-13(5-6-17-16)18-10-19-15/h3-6,9-10,17H,7-8H2,1-2H3. The Kier molecular flexibility index (Phi) is 4.20. The Balaban J connectivity index is 2.06. The highest BCUT2D eigenvalue weighted by molar-refractivity contribution is 5.91. The highest BCUT2D eigenvalue weighted by atomic mass is 16.5. The predicted molar refractivity (Wildman–Crippen MR) is 83.2 cm³/mol. The number of benzene rings is 1. The number of nitrogens with zero attached hydrogens (tertiary/aromatic N) is 2. The lowest BCUT2D eigenvalue weighted by molar-refractivity contribution is 0.146. The summed E-state index contributed by atoms with van der Waals surface area (Å²) in [6, 6.07) is 7.58. The predicted octanol–water partition coefficient (Wildman–Crippen LogP) is 2.66. The van der Waals surface area contributed by atoms with E-state index in [0.717, 1.165) is 28.0 Å². The number of rotatable bonds is 6. The Morgan fingerprint density at radius 2 is 2.00 bits per heavy atom. The molecule has 6 nitrogen and oxygen atoms in total. The number of aromatic nitrogens is 3. The van der Waals surface area contributed by atoms with E-state index in [-0.39, 0.29) is 0 Å². The summed E-state index contributed by atoms with van der Waals surface area (Å²) in [6.45, 7) is 0.966. The van der Waals surface area contributed by atoms with Gasteiger partial charge in [-0.2, -0.15) is 0 Å². The van der Waals surface area contributed by atoms with Gasteiger partial charge in [0.1, 0.15) is 30.1 Å². The Hall–Kier alpha value is -2.60. The smallest absolute Gasteiger partial charge is 0.132 e. The van der Waals surface area contributed by atoms with Crippen molar-refractivity contribution in [2.75, 3.05) is 27.4 Å². The van der Waals surface area contributed by atoms with Crippen LogP contribution in [0.2, 0.25) is 0 Å². The van der Waals surface area contributed by atoms with Crippen LogP contribution in [-0.2, 0) is 4.74 Å². The molecule has 22 heavy (non-hydrogen) atoms. The summed E-state index contributed by atoms with van der Waals surface area (Å²) in [6.07, 6.45) is 3.40. The molecular weight excluding hydrogens is 282 g/mol. The number of ether oxygens (including phenoxy) is 3. The minimum Gasteiger partial charge on any atom is -0.497 e. The van der Waals surface area contributed by atoms with Crippen molar-refractivity contribution in [3.05, 3.63) is 36.8 Å². The van der Waals surface area contributed by atoms with Crippen LogP contribution in [0.15, 0.2) is 36.8 Å². The molecule has 0 aliphatic rings. The van der Waals surface area contributed by atoms with Crippen molar-refractivity contribution < 1.29 is 14.2 Å². The molecule has 2 heterocycles. The molecule has 0 spiro atoms. The van der Waals surface area contributed by atoms with Crippen LogP contribution in [0.1, 0.15) is 0 Å². The zero-order chi connectivity index (χ0) is 15.4. The molecule has 2 aromatic heterocycles. The molecule has 0 bridgehead atoms. The number of H-pyrrole nitrogens is 1. The molecule has 0 atom stereocenters. The summed E-state index contributed by atoms with van der Waals surface area (Å²) >= 11 is 0. The first-order valence-corrected chi connectivity index (χ1v) is 6.91. The second-order valence-electron chi connectivity index (χ2n) is 4.66. The van der Waals surface area contributed by atoms with Crippen LogP contribution in [0.4, 0.5) is 0 Å². The van der Waals surface area contributed by atoms with E-state index in [0.29, 0.717) is 19.0 Å². The van der Waals surface area contributed by atoms with E-state index in [9.17, 15) is 0 Å². The second-order valence-corrected chi connectivity index (χ2v) is 4.66. The van der Waals surface area contributed by atoms with Crippen LogP contribution in [-0.4, -0.2) is 42.4 Å². The fourth-order valence-electron chi connectivity index (χ4n) is 2.26. The lowest BCUT2D eigenvalue weighted by Crippen LogP contribution is -2.05. The number of hydrogen-bond donors (Lipinski definition) is 1. The van der Waals surface area contributed by atoms with Crippen molar-refractivity contribution in [3.63, 3.8) is 0 Å². The molecule has 1 N–H and O–H groups in total. The van der Waals surface area contributed by atoms with Gasteiger partial charge in [0, 0.05) is 24.9 Å². The number of fused-ring (bicyclic) bond motifs is 1. The van der Waals surface area contributed by atoms with Crippen LogP contribution in [0.5, 0.6) is 11.5 Å². The quantitative estimate of drug-likeness (QED) is 0.709. The van der Waals surface area contributed by atoms with Crippen LogP contribution in [0.3, 0.4) is 0 Å². The number of hydrogen-bond acceptors (Lipinski definition) is 5. The third-order valence-electron chi connectivity index (χ3n) is 3.33. The van der Waals surface area contributed by atoms with E-state index in [4.69, 9.17) is 14.2 Å². The first-order valence-electron chi connectivity index (χ1n) is 6.91. The maximum Gasteiger partial charge on any atom is 0.132 e. The number of nitrogens with one attached hydrogen (secondary N) is 1. The van der Waals surface area contributed by atoms with Crippen molar-refractivity contribution >= 4 is 11.0 Å². The Labute approximate surface area is 128 Å². The van der Waals surface area contributed by atoms with Gasteiger partial charge < -0.3 is 19.2 Å². The highest BCUT2D eigenvalue weighted by Gasteiger charge is 2.14. The maximum atomic E-state index is 5.82. The molecule has 0 aliphatic heterocycles. The number of methoxy groups -OCH3 is 2. The summed E-state index contributed by atoms with van der Waals surface area (Å²) in [5.41, 5.74) is 3.42. The monoisotopic (exact) mass is 299 g/mol. The van der Waals surface area contributed by atoms with Crippen molar-refractivity contribution in [1.82, 2.24) is 15.0 Å². The lowest BCUT2D eigenvalue weighted by atomic mass is 10.1. The molecule has 114 valence electrons. The molecule has 0 saturated carbocycles. The Morgan fingerprint density at radius 1 is 1.09 bits per heavy atom. The van der Waals surface area contributed by atoms with Gasteiger partial charge in [-0.25, -0.2) is 9.97 Å². The summed E-state index contributed by atoms with van der Waals surface area (Å²) in [4.78, 5) is 11.8. The minimum absolute atomic E-state index is 0.454. The largest absolute Gasteiger partial charge is 0.497 e. The fourth-order valence-corrected chi connectivity index (χ4v) is 2.26. The summed E-state index contributed by atoms with van der Waals surface area (Å²) in [5.74, 6) is 1.43. The van der Waals surface area contributed by atoms with Gasteiger partial charge in [0.25, 0.3) is 0 Å². The van der Waals surface area contributed by atoms with Crippen LogP contribution >= 0.6 is 0 Å². The van der Waals surface area contributed by atoms with E-state index >= 15 is 0 Å². The van der Waals surface area contributed by atoms with E-state index in [1.165, 1.54) is 0 Å². The maximum absolute atomic E-state index is 5.82. The van der Waals surface area contributed by atoms with Gasteiger partial charge >= 0.3 is 0 Å². The molecule has 0 unspecified atom stereocenters. The zero-order valence-electron chi connectivity index (χ0n) is 12.5. The van der Waals surface area contributed by atoms with E-state index < -0.39 is 0 Å². The molecule has 6 heteroatoms. The van der Waals surface area contributed by atoms with Crippen molar-refractivity contribution in [1.29, 1.82) is 0 Å². The van der Waals surface area contributed by atoms with E-state index in [2.05, 4.69) is 15.0 Å². The molecule has 0 fully saturated rings. The minimum atomic E-state index is 0.454. The summed E-state index contributed by atoms with van der Waals surface area (Å²) in [5, 5.41) is 0. The van der Waals surface area contributed by atoms with Crippen LogP contribution in [0, 0.1) is 0 Å². The van der Waals surface area contributed by atoms with Crippen molar-refractivity contribution in [2.45, 2.75) is 0 Å². The van der Waals surface area contributed by atoms with Gasteiger partial charge in [0.15, 0.2) is 0 Å². The van der Waals surface area contributed by atoms with Crippen LogP contribution in [0.25, 0.3) is 22.3 Å². The van der Waals surface area contributed by atoms with Gasteiger partial charge in [0.05, 0.1) is 24.8 Å². The molecule has 0 radical (unpaired) electrons. The van der Waals surface area contributed by atoms with Gasteiger partial charge in [-0.1, -0.05) is 0 Å². The summed E-state index contributed by atoms with van der Waals surface area (Å²) in [7, 11) is 3.27. The zero-order valence-corrected chi connectivity index (χ0v) is 12.5. The normalized spacial score (nSPS) is 10.8. The van der Waals surface area contributed by atoms with Crippen molar-refractivity contribution in [2.24, 2.45) is 0 Å². The third-order valence-corrected chi connectivity index (χ3v) is 3.33. The van der Waals surface area contributed by atoms with Gasteiger partial charge in [0.2, 0.25) is 0 Å². The topological polar surface area (TPSA) is 69.3 Å². The highest BCUT2D eigenvalue weighted by Crippen LogP contribution is 2.35. The molecule has 0 amide bonds.